The summed E-state index contributed by atoms with van der Waals surface area (Å²) in [6.07, 6.45) is 2.23. The lowest BCUT2D eigenvalue weighted by molar-refractivity contribution is -0.146. The smallest absolute Gasteiger partial charge is 0.306 e. The van der Waals surface area contributed by atoms with E-state index in [1.165, 1.54) is 0 Å². The molecule has 0 fully saturated rings. The maximum Gasteiger partial charge on any atom is 0.306 e. The Bertz CT molecular complexity index is 164. The summed E-state index contributed by atoms with van der Waals surface area (Å²) in [5.74, 6) is -0.104. The monoisotopic (exact) mass is 202 g/mol. The first kappa shape index (κ1) is 13.4. The van der Waals surface area contributed by atoms with Crippen molar-refractivity contribution >= 4 is 5.97 Å². The van der Waals surface area contributed by atoms with Gasteiger partial charge in [0.25, 0.3) is 0 Å². The lowest BCUT2D eigenvalue weighted by Gasteiger charge is -2.22. The van der Waals surface area contributed by atoms with Crippen molar-refractivity contribution in [2.75, 3.05) is 20.3 Å². The fourth-order valence-electron chi connectivity index (χ4n) is 1.12. The Morgan fingerprint density at radius 3 is 2.43 bits per heavy atom. The van der Waals surface area contributed by atoms with Crippen LogP contribution in [0.1, 0.15) is 40.0 Å². The molecule has 0 saturated carbocycles. The predicted molar refractivity (Wildman–Crippen MR) is 56.1 cm³/mol. The van der Waals surface area contributed by atoms with Crippen molar-refractivity contribution in [3.63, 3.8) is 0 Å². The van der Waals surface area contributed by atoms with Crippen LogP contribution < -0.4 is 0 Å². The fourth-order valence-corrected chi connectivity index (χ4v) is 1.12. The highest BCUT2D eigenvalue weighted by molar-refractivity contribution is 5.70. The van der Waals surface area contributed by atoms with Gasteiger partial charge in [0, 0.05) is 13.7 Å². The first-order valence-electron chi connectivity index (χ1n) is 5.16. The molecule has 0 rings (SSSR count). The van der Waals surface area contributed by atoms with E-state index in [1.54, 1.807) is 7.11 Å². The van der Waals surface area contributed by atoms with Crippen LogP contribution in [-0.4, -0.2) is 26.3 Å². The van der Waals surface area contributed by atoms with Crippen molar-refractivity contribution in [1.82, 2.24) is 0 Å². The van der Waals surface area contributed by atoms with Crippen molar-refractivity contribution in [2.45, 2.75) is 40.0 Å². The average molecular weight is 202 g/mol. The molecule has 14 heavy (non-hydrogen) atoms. The molecular formula is C11H22O3. The third-order valence-corrected chi connectivity index (χ3v) is 2.07. The zero-order chi connectivity index (χ0) is 11.0. The molecule has 0 aromatic rings. The summed E-state index contributed by atoms with van der Waals surface area (Å²) in [5, 5.41) is 0. The third-order valence-electron chi connectivity index (χ3n) is 2.07. The van der Waals surface area contributed by atoms with E-state index in [0.29, 0.717) is 19.6 Å². The first-order valence-corrected chi connectivity index (χ1v) is 5.16. The van der Waals surface area contributed by atoms with E-state index in [1.807, 2.05) is 6.92 Å². The molecule has 3 nitrogen and oxygen atoms in total. The molecule has 84 valence electrons. The first-order chi connectivity index (χ1) is 6.52. The van der Waals surface area contributed by atoms with Crippen molar-refractivity contribution < 1.29 is 14.3 Å². The zero-order valence-corrected chi connectivity index (χ0v) is 9.76. The van der Waals surface area contributed by atoms with E-state index in [4.69, 9.17) is 9.47 Å². The molecule has 0 aliphatic rings. The van der Waals surface area contributed by atoms with Gasteiger partial charge in [-0.1, -0.05) is 20.8 Å². The predicted octanol–water partition coefficient (Wildman–Crippen LogP) is 2.39. The molecule has 0 aliphatic carbocycles. The molecule has 0 amide bonds. The molecule has 0 bridgehead atoms. The van der Waals surface area contributed by atoms with Gasteiger partial charge < -0.3 is 9.47 Å². The Labute approximate surface area is 86.8 Å². The van der Waals surface area contributed by atoms with Gasteiger partial charge in [0.15, 0.2) is 0 Å². The van der Waals surface area contributed by atoms with Gasteiger partial charge in [-0.3, -0.25) is 4.79 Å². The summed E-state index contributed by atoms with van der Waals surface area (Å²) in [5.41, 5.74) is -0.0269. The summed E-state index contributed by atoms with van der Waals surface area (Å²) in [7, 11) is 1.67. The van der Waals surface area contributed by atoms with Crippen LogP contribution in [0.5, 0.6) is 0 Å². The Morgan fingerprint density at radius 1 is 1.29 bits per heavy atom. The van der Waals surface area contributed by atoms with Gasteiger partial charge in [-0.05, 0) is 18.3 Å². The van der Waals surface area contributed by atoms with E-state index < -0.39 is 0 Å². The molecule has 0 aromatic carbocycles. The molecule has 0 aromatic heterocycles. The SMILES string of the molecule is CCCOC(=O)CC(C)(C)CCOC. The van der Waals surface area contributed by atoms with Crippen LogP contribution in [0.25, 0.3) is 0 Å². The third kappa shape index (κ3) is 6.89. The number of methoxy groups -OCH3 is 1. The zero-order valence-electron chi connectivity index (χ0n) is 9.76. The highest BCUT2D eigenvalue weighted by Gasteiger charge is 2.22. The van der Waals surface area contributed by atoms with E-state index in [9.17, 15) is 4.79 Å². The Morgan fingerprint density at radius 2 is 1.93 bits per heavy atom. The number of hydrogen-bond donors (Lipinski definition) is 0. The van der Waals surface area contributed by atoms with Crippen LogP contribution in [0.3, 0.4) is 0 Å². The van der Waals surface area contributed by atoms with Gasteiger partial charge in [0.2, 0.25) is 0 Å². The second kappa shape index (κ2) is 6.82. The molecule has 3 heteroatoms. The van der Waals surface area contributed by atoms with E-state index in [-0.39, 0.29) is 11.4 Å². The Hall–Kier alpha value is -0.570. The van der Waals surface area contributed by atoms with Crippen LogP contribution in [-0.2, 0) is 14.3 Å². The molecule has 0 radical (unpaired) electrons. The highest BCUT2D eigenvalue weighted by atomic mass is 16.5. The summed E-state index contributed by atoms with van der Waals surface area (Å²) in [4.78, 5) is 11.3. The standard InChI is InChI=1S/C11H22O3/c1-5-7-14-10(12)9-11(2,3)6-8-13-4/h5-9H2,1-4H3. The summed E-state index contributed by atoms with van der Waals surface area (Å²) in [6, 6.07) is 0. The van der Waals surface area contributed by atoms with E-state index in [2.05, 4.69) is 13.8 Å². The number of hydrogen-bond acceptors (Lipinski definition) is 3. The number of ether oxygens (including phenoxy) is 2. The van der Waals surface area contributed by atoms with Gasteiger partial charge >= 0.3 is 5.97 Å². The van der Waals surface area contributed by atoms with Gasteiger partial charge in [-0.2, -0.15) is 0 Å². The number of carbonyl (C=O) groups is 1. The minimum atomic E-state index is -0.104. The molecule has 0 saturated heterocycles. The van der Waals surface area contributed by atoms with Crippen LogP contribution >= 0.6 is 0 Å². The summed E-state index contributed by atoms with van der Waals surface area (Å²) >= 11 is 0. The maximum atomic E-state index is 11.3. The highest BCUT2D eigenvalue weighted by Crippen LogP contribution is 2.25. The number of esters is 1. The van der Waals surface area contributed by atoms with Crippen molar-refractivity contribution in [3.8, 4) is 0 Å². The normalized spacial score (nSPS) is 11.4. The van der Waals surface area contributed by atoms with Crippen LogP contribution in [0.2, 0.25) is 0 Å². The van der Waals surface area contributed by atoms with Crippen LogP contribution in [0, 0.1) is 5.41 Å². The minimum absolute atomic E-state index is 0.0269. The van der Waals surface area contributed by atoms with Crippen molar-refractivity contribution in [1.29, 1.82) is 0 Å². The van der Waals surface area contributed by atoms with Gasteiger partial charge in [0.1, 0.15) is 0 Å². The summed E-state index contributed by atoms with van der Waals surface area (Å²) < 4.78 is 10.0. The summed E-state index contributed by atoms with van der Waals surface area (Å²) in [6.45, 7) is 7.31. The average Bonchev–Trinajstić information content (AvgIpc) is 2.11. The van der Waals surface area contributed by atoms with Crippen molar-refractivity contribution in [2.24, 2.45) is 5.41 Å². The van der Waals surface area contributed by atoms with Gasteiger partial charge in [-0.25, -0.2) is 0 Å². The number of rotatable bonds is 7. The van der Waals surface area contributed by atoms with Gasteiger partial charge in [-0.15, -0.1) is 0 Å². The maximum absolute atomic E-state index is 11.3. The van der Waals surface area contributed by atoms with E-state index in [0.717, 1.165) is 12.8 Å². The Balaban J connectivity index is 3.76. The molecule has 0 atom stereocenters. The molecule has 0 spiro atoms. The molecular weight excluding hydrogens is 180 g/mol. The molecule has 0 unspecified atom stereocenters. The quantitative estimate of drug-likeness (QED) is 0.595. The fraction of sp³-hybridized carbons (Fsp3) is 0.909. The topological polar surface area (TPSA) is 35.5 Å². The molecule has 0 aliphatic heterocycles. The van der Waals surface area contributed by atoms with Gasteiger partial charge in [0.05, 0.1) is 13.0 Å². The molecule has 0 N–H and O–H groups in total. The lowest BCUT2D eigenvalue weighted by atomic mass is 9.86. The second-order valence-electron chi connectivity index (χ2n) is 4.30. The number of carbonyl (C=O) groups excluding carboxylic acids is 1. The van der Waals surface area contributed by atoms with E-state index >= 15 is 0 Å². The van der Waals surface area contributed by atoms with Crippen LogP contribution in [0.4, 0.5) is 0 Å². The molecule has 0 heterocycles. The van der Waals surface area contributed by atoms with Crippen LogP contribution in [0.15, 0.2) is 0 Å². The Kier molecular flexibility index (Phi) is 6.54. The largest absolute Gasteiger partial charge is 0.466 e. The lowest BCUT2D eigenvalue weighted by Crippen LogP contribution is -2.20. The minimum Gasteiger partial charge on any atom is -0.466 e. The van der Waals surface area contributed by atoms with Crippen molar-refractivity contribution in [3.05, 3.63) is 0 Å². The second-order valence-corrected chi connectivity index (χ2v) is 4.30.